The van der Waals surface area contributed by atoms with E-state index in [1.165, 1.54) is 14.2 Å². The molecule has 212 valence electrons. The molecule has 0 aromatic carbocycles. The van der Waals surface area contributed by atoms with Crippen LogP contribution in [0.5, 0.6) is 0 Å². The molecular weight excluding hydrogens is 472 g/mol. The van der Waals surface area contributed by atoms with Gasteiger partial charge in [-0.05, 0) is 38.7 Å². The molecule has 0 aromatic heterocycles. The Balaban J connectivity index is 0. The number of carbonyl (C=O) groups is 3. The fourth-order valence-electron chi connectivity index (χ4n) is 3.06. The van der Waals surface area contributed by atoms with E-state index in [2.05, 4.69) is 9.47 Å². The van der Waals surface area contributed by atoms with Gasteiger partial charge in [0, 0.05) is 59.4 Å². The summed E-state index contributed by atoms with van der Waals surface area (Å²) in [5, 5.41) is 0. The summed E-state index contributed by atoms with van der Waals surface area (Å²) in [6.07, 6.45) is 5.18. The average Bonchev–Trinajstić information content (AvgIpc) is 2.88. The van der Waals surface area contributed by atoms with Crippen LogP contribution in [0.3, 0.4) is 0 Å². The minimum Gasteiger partial charge on any atom is -0.504 e. The molecule has 0 spiro atoms. The normalized spacial score (nSPS) is 20.5. The standard InChI is InChI=1S/C10H20O4.2C8H14O3/c1-8(6-7-9(11)12-3)10(2,13-4)14-5;1-6-4-5-7(9)11-8(6,2)10-3;1-7(6-10-2)4-5-8(9)11-3/h8H,6-7H2,1-5H3;2*6H,4-5H2,1-3H3/b;;7-6+. The monoisotopic (exact) mass is 520 g/mol. The number of ether oxygens (including phenoxy) is 7. The first-order chi connectivity index (χ1) is 16.8. The lowest BCUT2D eigenvalue weighted by Gasteiger charge is -2.37. The van der Waals surface area contributed by atoms with Crippen molar-refractivity contribution >= 4 is 17.9 Å². The molecule has 10 nitrogen and oxygen atoms in total. The molecule has 0 aromatic rings. The van der Waals surface area contributed by atoms with Crippen molar-refractivity contribution in [2.75, 3.05) is 42.7 Å². The van der Waals surface area contributed by atoms with Gasteiger partial charge in [-0.3, -0.25) is 14.4 Å². The second kappa shape index (κ2) is 19.0. The first-order valence-corrected chi connectivity index (χ1v) is 12.0. The van der Waals surface area contributed by atoms with Crippen molar-refractivity contribution in [1.29, 1.82) is 0 Å². The van der Waals surface area contributed by atoms with E-state index in [4.69, 9.17) is 23.7 Å². The van der Waals surface area contributed by atoms with Gasteiger partial charge in [-0.2, -0.15) is 0 Å². The summed E-state index contributed by atoms with van der Waals surface area (Å²) in [7, 11) is 9.11. The number of carbonyl (C=O) groups excluding carboxylic acids is 3. The Morgan fingerprint density at radius 3 is 2.00 bits per heavy atom. The highest BCUT2D eigenvalue weighted by Crippen LogP contribution is 2.31. The first kappa shape index (κ1) is 36.0. The van der Waals surface area contributed by atoms with Crippen molar-refractivity contribution < 1.29 is 47.5 Å². The van der Waals surface area contributed by atoms with Crippen molar-refractivity contribution in [2.45, 2.75) is 84.7 Å². The first-order valence-electron chi connectivity index (χ1n) is 12.0. The Kier molecular flexibility index (Phi) is 19.0. The van der Waals surface area contributed by atoms with Gasteiger partial charge < -0.3 is 33.2 Å². The summed E-state index contributed by atoms with van der Waals surface area (Å²) >= 11 is 0. The van der Waals surface area contributed by atoms with E-state index in [1.54, 1.807) is 41.6 Å². The fourth-order valence-corrected chi connectivity index (χ4v) is 3.06. The minimum atomic E-state index is -0.699. The molecule has 10 heteroatoms. The third kappa shape index (κ3) is 14.4. The summed E-state index contributed by atoms with van der Waals surface area (Å²) in [5.74, 6) is -1.46. The number of cyclic esters (lactones) is 1. The average molecular weight is 521 g/mol. The zero-order valence-electron chi connectivity index (χ0n) is 24.1. The highest BCUT2D eigenvalue weighted by Gasteiger charge is 2.39. The number of hydrogen-bond donors (Lipinski definition) is 0. The summed E-state index contributed by atoms with van der Waals surface area (Å²) in [6, 6.07) is 0. The van der Waals surface area contributed by atoms with Gasteiger partial charge in [-0.15, -0.1) is 0 Å². The highest BCUT2D eigenvalue weighted by molar-refractivity contribution is 5.70. The quantitative estimate of drug-likeness (QED) is 0.168. The maximum atomic E-state index is 10.9. The Morgan fingerprint density at radius 1 is 1.06 bits per heavy atom. The molecule has 1 heterocycles. The zero-order valence-corrected chi connectivity index (χ0v) is 24.1. The van der Waals surface area contributed by atoms with Crippen LogP contribution in [0.25, 0.3) is 0 Å². The molecule has 0 saturated carbocycles. The number of rotatable bonds is 11. The van der Waals surface area contributed by atoms with Crippen LogP contribution in [-0.4, -0.2) is 72.1 Å². The maximum Gasteiger partial charge on any atom is 0.308 e. The number of methoxy groups -OCH3 is 6. The van der Waals surface area contributed by atoms with Crippen LogP contribution in [0.4, 0.5) is 0 Å². The predicted octanol–water partition coefficient (Wildman–Crippen LogP) is 4.40. The van der Waals surface area contributed by atoms with Crippen LogP contribution >= 0.6 is 0 Å². The lowest BCUT2D eigenvalue weighted by Crippen LogP contribution is -2.44. The van der Waals surface area contributed by atoms with E-state index in [0.717, 1.165) is 12.0 Å². The molecular formula is C26H48O10. The topological polar surface area (TPSA) is 116 Å². The van der Waals surface area contributed by atoms with Gasteiger partial charge in [0.05, 0.1) is 27.6 Å². The molecule has 3 unspecified atom stereocenters. The zero-order chi connectivity index (χ0) is 28.4. The lowest BCUT2D eigenvalue weighted by molar-refractivity contribution is -0.246. The van der Waals surface area contributed by atoms with Gasteiger partial charge in [0.1, 0.15) is 0 Å². The minimum absolute atomic E-state index is 0.136. The summed E-state index contributed by atoms with van der Waals surface area (Å²) in [5.41, 5.74) is 1.04. The second-order valence-corrected chi connectivity index (χ2v) is 8.85. The Hall–Kier alpha value is -2.17. The molecule has 0 aliphatic carbocycles. The Bertz CT molecular complexity index is 672. The van der Waals surface area contributed by atoms with Crippen LogP contribution in [0, 0.1) is 11.8 Å². The SMILES string of the molecule is CO/C=C(\C)CCC(=O)OC.COC(=O)CCC(C)C(C)(OC)OC.COC1(C)OC(=O)CCC1C. The number of allylic oxidation sites excluding steroid dienone is 1. The van der Waals surface area contributed by atoms with Crippen molar-refractivity contribution in [1.82, 2.24) is 0 Å². The van der Waals surface area contributed by atoms with Crippen molar-refractivity contribution in [3.8, 4) is 0 Å². The van der Waals surface area contributed by atoms with Gasteiger partial charge >= 0.3 is 17.9 Å². The third-order valence-electron chi connectivity index (χ3n) is 6.38. The lowest BCUT2D eigenvalue weighted by atomic mass is 9.94. The Morgan fingerprint density at radius 2 is 1.58 bits per heavy atom. The molecule has 1 fully saturated rings. The van der Waals surface area contributed by atoms with E-state index in [0.29, 0.717) is 32.1 Å². The smallest absolute Gasteiger partial charge is 0.308 e. The fraction of sp³-hybridized carbons (Fsp3) is 0.808. The van der Waals surface area contributed by atoms with Gasteiger partial charge in [0.25, 0.3) is 0 Å². The van der Waals surface area contributed by atoms with Gasteiger partial charge in [0.2, 0.25) is 5.79 Å². The molecule has 36 heavy (non-hydrogen) atoms. The van der Waals surface area contributed by atoms with E-state index >= 15 is 0 Å². The molecule has 1 aliphatic rings. The van der Waals surface area contributed by atoms with Crippen LogP contribution in [0.15, 0.2) is 11.8 Å². The molecule has 1 saturated heterocycles. The van der Waals surface area contributed by atoms with Crippen molar-refractivity contribution in [2.24, 2.45) is 11.8 Å². The molecule has 3 atom stereocenters. The van der Waals surface area contributed by atoms with Crippen molar-refractivity contribution in [3.05, 3.63) is 11.8 Å². The van der Waals surface area contributed by atoms with E-state index in [1.807, 2.05) is 27.7 Å². The third-order valence-corrected chi connectivity index (χ3v) is 6.38. The van der Waals surface area contributed by atoms with Crippen molar-refractivity contribution in [3.63, 3.8) is 0 Å². The molecule has 1 rings (SSSR count). The number of esters is 3. The molecule has 0 bridgehead atoms. The van der Waals surface area contributed by atoms with E-state index in [-0.39, 0.29) is 29.7 Å². The van der Waals surface area contributed by atoms with Crippen LogP contribution < -0.4 is 0 Å². The summed E-state index contributed by atoms with van der Waals surface area (Å²) in [6.45, 7) is 9.57. The summed E-state index contributed by atoms with van der Waals surface area (Å²) < 4.78 is 34.5. The van der Waals surface area contributed by atoms with Crippen LogP contribution in [0.2, 0.25) is 0 Å². The van der Waals surface area contributed by atoms with E-state index in [9.17, 15) is 14.4 Å². The highest BCUT2D eigenvalue weighted by atomic mass is 16.7. The number of hydrogen-bond acceptors (Lipinski definition) is 10. The van der Waals surface area contributed by atoms with Gasteiger partial charge in [-0.25, -0.2) is 0 Å². The van der Waals surface area contributed by atoms with Crippen LogP contribution in [0.1, 0.15) is 73.1 Å². The maximum absolute atomic E-state index is 10.9. The van der Waals surface area contributed by atoms with Crippen LogP contribution in [-0.2, 0) is 47.5 Å². The molecule has 1 aliphatic heterocycles. The largest absolute Gasteiger partial charge is 0.504 e. The van der Waals surface area contributed by atoms with Gasteiger partial charge in [0.15, 0.2) is 5.79 Å². The molecule has 0 N–H and O–H groups in total. The summed E-state index contributed by atoms with van der Waals surface area (Å²) in [4.78, 5) is 32.4. The van der Waals surface area contributed by atoms with E-state index < -0.39 is 11.6 Å². The molecule has 0 amide bonds. The second-order valence-electron chi connectivity index (χ2n) is 8.85. The molecule has 0 radical (unpaired) electrons. The predicted molar refractivity (Wildman–Crippen MR) is 135 cm³/mol. The van der Waals surface area contributed by atoms with Gasteiger partial charge in [-0.1, -0.05) is 13.8 Å². The Labute approximate surface area is 216 Å².